The van der Waals surface area contributed by atoms with E-state index >= 15 is 0 Å². The molecule has 1 fully saturated rings. The summed E-state index contributed by atoms with van der Waals surface area (Å²) in [4.78, 5) is 14.3. The number of halogens is 2. The van der Waals surface area contributed by atoms with Crippen LogP contribution in [0.25, 0.3) is 0 Å². The molecule has 0 spiro atoms. The average Bonchev–Trinajstić information content (AvgIpc) is 2.85. The first-order valence-electron chi connectivity index (χ1n) is 7.09. The SMILES string of the molecule is CCC1OC(c2cccc(Br)c2)N(c2ccc(Cl)cc2)C1=O. The lowest BCUT2D eigenvalue weighted by atomic mass is 10.1. The number of anilines is 1. The first-order chi connectivity index (χ1) is 10.6. The predicted octanol–water partition coefficient (Wildman–Crippen LogP) is 4.94. The van der Waals surface area contributed by atoms with Crippen LogP contribution < -0.4 is 4.90 Å². The Kier molecular flexibility index (Phi) is 4.52. The van der Waals surface area contributed by atoms with Gasteiger partial charge in [0.1, 0.15) is 6.10 Å². The van der Waals surface area contributed by atoms with Crippen LogP contribution in [0.15, 0.2) is 53.0 Å². The number of hydrogen-bond donors (Lipinski definition) is 0. The maximum atomic E-state index is 12.6. The summed E-state index contributed by atoms with van der Waals surface area (Å²) in [7, 11) is 0. The van der Waals surface area contributed by atoms with Gasteiger partial charge in [0, 0.05) is 20.7 Å². The number of hydrogen-bond acceptors (Lipinski definition) is 2. The Morgan fingerprint density at radius 2 is 1.95 bits per heavy atom. The van der Waals surface area contributed by atoms with Crippen molar-refractivity contribution in [3.05, 3.63) is 63.6 Å². The molecule has 22 heavy (non-hydrogen) atoms. The van der Waals surface area contributed by atoms with Gasteiger partial charge in [-0.3, -0.25) is 9.69 Å². The molecule has 5 heteroatoms. The lowest BCUT2D eigenvalue weighted by Gasteiger charge is -2.23. The fraction of sp³-hybridized carbons (Fsp3) is 0.235. The van der Waals surface area contributed by atoms with Crippen LogP contribution in [-0.2, 0) is 9.53 Å². The Hall–Kier alpha value is -1.36. The van der Waals surface area contributed by atoms with E-state index < -0.39 is 12.3 Å². The Morgan fingerprint density at radius 3 is 2.59 bits per heavy atom. The lowest BCUT2D eigenvalue weighted by molar-refractivity contribution is -0.122. The first kappa shape index (κ1) is 15.5. The van der Waals surface area contributed by atoms with Gasteiger partial charge in [-0.15, -0.1) is 0 Å². The van der Waals surface area contributed by atoms with Crippen LogP contribution in [0.4, 0.5) is 5.69 Å². The molecule has 1 amide bonds. The van der Waals surface area contributed by atoms with Crippen molar-refractivity contribution in [1.82, 2.24) is 0 Å². The van der Waals surface area contributed by atoms with E-state index in [1.807, 2.05) is 43.3 Å². The predicted molar refractivity (Wildman–Crippen MR) is 91.0 cm³/mol. The van der Waals surface area contributed by atoms with Gasteiger partial charge >= 0.3 is 0 Å². The summed E-state index contributed by atoms with van der Waals surface area (Å²) in [6.07, 6.45) is -0.191. The Bertz CT molecular complexity index is 689. The summed E-state index contributed by atoms with van der Waals surface area (Å²) >= 11 is 9.41. The van der Waals surface area contributed by atoms with E-state index in [1.54, 1.807) is 17.0 Å². The van der Waals surface area contributed by atoms with Crippen molar-refractivity contribution >= 4 is 39.1 Å². The fourth-order valence-corrected chi connectivity index (χ4v) is 3.11. The minimum atomic E-state index is -0.420. The number of benzene rings is 2. The zero-order valence-corrected chi connectivity index (χ0v) is 14.3. The molecule has 1 saturated heterocycles. The van der Waals surface area contributed by atoms with Gasteiger partial charge in [-0.1, -0.05) is 46.6 Å². The Balaban J connectivity index is 2.02. The topological polar surface area (TPSA) is 29.5 Å². The minimum absolute atomic E-state index is 0.0187. The molecule has 3 nitrogen and oxygen atoms in total. The highest BCUT2D eigenvalue weighted by molar-refractivity contribution is 9.10. The quantitative estimate of drug-likeness (QED) is 0.754. The Morgan fingerprint density at radius 1 is 1.23 bits per heavy atom. The van der Waals surface area contributed by atoms with Gasteiger partial charge in [-0.05, 0) is 42.8 Å². The van der Waals surface area contributed by atoms with E-state index in [0.717, 1.165) is 15.7 Å². The third kappa shape index (κ3) is 2.91. The zero-order chi connectivity index (χ0) is 15.7. The zero-order valence-electron chi connectivity index (χ0n) is 12.0. The summed E-state index contributed by atoms with van der Waals surface area (Å²) in [5, 5.41) is 0.641. The molecule has 3 rings (SSSR count). The molecule has 1 heterocycles. The number of rotatable bonds is 3. The van der Waals surface area contributed by atoms with E-state index in [0.29, 0.717) is 11.4 Å². The molecular weight excluding hydrogens is 366 g/mol. The van der Waals surface area contributed by atoms with Gasteiger partial charge in [-0.25, -0.2) is 0 Å². The molecule has 0 saturated carbocycles. The van der Waals surface area contributed by atoms with Gasteiger partial charge < -0.3 is 4.74 Å². The number of amides is 1. The normalized spacial score (nSPS) is 21.4. The van der Waals surface area contributed by atoms with Crippen molar-refractivity contribution in [2.24, 2.45) is 0 Å². The number of nitrogens with zero attached hydrogens (tertiary/aromatic N) is 1. The summed E-state index contributed by atoms with van der Waals surface area (Å²) < 4.78 is 6.94. The molecule has 2 atom stereocenters. The van der Waals surface area contributed by atoms with E-state index in [-0.39, 0.29) is 5.91 Å². The Labute approximate surface area is 143 Å². The second-order valence-corrected chi connectivity index (χ2v) is 6.48. The van der Waals surface area contributed by atoms with Crippen molar-refractivity contribution < 1.29 is 9.53 Å². The van der Waals surface area contributed by atoms with E-state index in [9.17, 15) is 4.79 Å². The fourth-order valence-electron chi connectivity index (χ4n) is 2.57. The first-order valence-corrected chi connectivity index (χ1v) is 8.27. The van der Waals surface area contributed by atoms with Gasteiger partial charge in [0.2, 0.25) is 0 Å². The molecular formula is C17H15BrClNO2. The second-order valence-electron chi connectivity index (χ2n) is 5.12. The molecule has 0 aliphatic carbocycles. The van der Waals surface area contributed by atoms with E-state index in [4.69, 9.17) is 16.3 Å². The van der Waals surface area contributed by atoms with Crippen LogP contribution in [0.3, 0.4) is 0 Å². The van der Waals surface area contributed by atoms with Crippen molar-refractivity contribution in [3.63, 3.8) is 0 Å². The molecule has 2 aromatic rings. The molecule has 2 unspecified atom stereocenters. The minimum Gasteiger partial charge on any atom is -0.341 e. The average molecular weight is 381 g/mol. The van der Waals surface area contributed by atoms with E-state index in [2.05, 4.69) is 15.9 Å². The van der Waals surface area contributed by atoms with Crippen LogP contribution >= 0.6 is 27.5 Å². The van der Waals surface area contributed by atoms with Crippen LogP contribution in [-0.4, -0.2) is 12.0 Å². The highest BCUT2D eigenvalue weighted by atomic mass is 79.9. The van der Waals surface area contributed by atoms with Crippen molar-refractivity contribution in [2.45, 2.75) is 25.7 Å². The maximum Gasteiger partial charge on any atom is 0.258 e. The van der Waals surface area contributed by atoms with Crippen LogP contribution in [0.2, 0.25) is 5.02 Å². The van der Waals surface area contributed by atoms with Crippen molar-refractivity contribution in [1.29, 1.82) is 0 Å². The molecule has 1 aliphatic rings. The molecule has 0 bridgehead atoms. The van der Waals surface area contributed by atoms with Gasteiger partial charge in [0.15, 0.2) is 6.23 Å². The summed E-state index contributed by atoms with van der Waals surface area (Å²) in [6.45, 7) is 1.95. The molecule has 114 valence electrons. The summed E-state index contributed by atoms with van der Waals surface area (Å²) in [5.41, 5.74) is 1.73. The monoisotopic (exact) mass is 379 g/mol. The largest absolute Gasteiger partial charge is 0.341 e. The van der Waals surface area contributed by atoms with Crippen LogP contribution in [0, 0.1) is 0 Å². The van der Waals surface area contributed by atoms with Crippen molar-refractivity contribution in [3.8, 4) is 0 Å². The smallest absolute Gasteiger partial charge is 0.258 e. The number of carbonyl (C=O) groups is 1. The maximum absolute atomic E-state index is 12.6. The van der Waals surface area contributed by atoms with Gasteiger partial charge in [0.05, 0.1) is 0 Å². The number of carbonyl (C=O) groups excluding carboxylic acids is 1. The summed E-state index contributed by atoms with van der Waals surface area (Å²) in [6, 6.07) is 15.1. The third-order valence-electron chi connectivity index (χ3n) is 3.65. The molecule has 0 radical (unpaired) electrons. The highest BCUT2D eigenvalue weighted by Crippen LogP contribution is 2.37. The molecule has 2 aromatic carbocycles. The van der Waals surface area contributed by atoms with Gasteiger partial charge in [-0.2, -0.15) is 0 Å². The third-order valence-corrected chi connectivity index (χ3v) is 4.40. The lowest BCUT2D eigenvalue weighted by Crippen LogP contribution is -2.30. The molecule has 1 aliphatic heterocycles. The van der Waals surface area contributed by atoms with Crippen LogP contribution in [0.1, 0.15) is 25.1 Å². The van der Waals surface area contributed by atoms with Gasteiger partial charge in [0.25, 0.3) is 5.91 Å². The summed E-state index contributed by atoms with van der Waals surface area (Å²) in [5.74, 6) is -0.0187. The molecule has 0 N–H and O–H groups in total. The molecule has 0 aromatic heterocycles. The van der Waals surface area contributed by atoms with Crippen molar-refractivity contribution in [2.75, 3.05) is 4.90 Å². The highest BCUT2D eigenvalue weighted by Gasteiger charge is 2.41. The van der Waals surface area contributed by atoms with Crippen LogP contribution in [0.5, 0.6) is 0 Å². The number of ether oxygens (including phenoxy) is 1. The van der Waals surface area contributed by atoms with E-state index in [1.165, 1.54) is 0 Å². The second kappa shape index (κ2) is 6.41. The standard InChI is InChI=1S/C17H15BrClNO2/c1-2-15-16(21)20(14-8-6-13(19)7-9-14)17(22-15)11-4-3-5-12(18)10-11/h3-10,15,17H,2H2,1H3.